The van der Waals surface area contributed by atoms with E-state index in [1.807, 2.05) is 12.1 Å². The van der Waals surface area contributed by atoms with Crippen molar-refractivity contribution >= 4 is 17.6 Å². The van der Waals surface area contributed by atoms with Crippen LogP contribution in [0.15, 0.2) is 48.7 Å². The summed E-state index contributed by atoms with van der Waals surface area (Å²) in [6.45, 7) is 4.10. The van der Waals surface area contributed by atoms with Crippen molar-refractivity contribution in [1.82, 2.24) is 15.6 Å². The Morgan fingerprint density at radius 3 is 2.41 bits per heavy atom. The van der Waals surface area contributed by atoms with Crippen LogP contribution in [0.25, 0.3) is 0 Å². The van der Waals surface area contributed by atoms with E-state index >= 15 is 0 Å². The smallest absolute Gasteiger partial charge is 0.242 e. The Kier molecular flexibility index (Phi) is 10.2. The zero-order chi connectivity index (χ0) is 20.1. The first-order valence-corrected chi connectivity index (χ1v) is 8.97. The quantitative estimate of drug-likeness (QED) is 0.579. The normalized spacial score (nSPS) is 10.9. The highest BCUT2D eigenvalue weighted by molar-refractivity contribution is 5.87. The molecule has 0 radical (unpaired) electrons. The Morgan fingerprint density at radius 1 is 1.15 bits per heavy atom. The third-order valence-corrected chi connectivity index (χ3v) is 3.77. The molecule has 1 aromatic carbocycles. The fourth-order valence-corrected chi connectivity index (χ4v) is 2.21. The van der Waals surface area contributed by atoms with Gasteiger partial charge in [-0.25, -0.2) is 4.98 Å². The minimum Gasteiger partial charge on any atom is -0.384 e. The molecule has 1 atom stereocenters. The van der Waals surface area contributed by atoms with Gasteiger partial charge >= 0.3 is 0 Å². The van der Waals surface area contributed by atoms with Crippen LogP contribution in [0.3, 0.4) is 0 Å². The minimum absolute atomic E-state index is 0.131. The highest BCUT2D eigenvalue weighted by atomic mass is 16.2. The molecule has 0 aliphatic heterocycles. The van der Waals surface area contributed by atoms with Gasteiger partial charge < -0.3 is 22.1 Å². The number of benzene rings is 1. The molecule has 0 aliphatic carbocycles. The van der Waals surface area contributed by atoms with E-state index in [9.17, 15) is 9.59 Å². The number of amides is 2. The van der Waals surface area contributed by atoms with Crippen LogP contribution >= 0.6 is 0 Å². The molecule has 7 nitrogen and oxygen atoms in total. The Labute approximate surface area is 160 Å². The zero-order valence-corrected chi connectivity index (χ0v) is 15.9. The molecule has 7 heteroatoms. The maximum Gasteiger partial charge on any atom is 0.242 e. The van der Waals surface area contributed by atoms with Gasteiger partial charge in [-0.3, -0.25) is 9.59 Å². The molecular weight excluding hydrogens is 342 g/mol. The van der Waals surface area contributed by atoms with Gasteiger partial charge in [-0.2, -0.15) is 0 Å². The first-order valence-electron chi connectivity index (χ1n) is 8.97. The van der Waals surface area contributed by atoms with Gasteiger partial charge in [-0.1, -0.05) is 37.3 Å². The molecule has 1 aromatic heterocycles. The Bertz CT molecular complexity index is 707. The number of carbonyl (C=O) groups excluding carboxylic acids is 2. The third kappa shape index (κ3) is 9.37. The standard InChI is InChI=1S/C12H19N5O2.C8H10/c1-8(17-11(18)7-13)12(19)16-5-3-9-2-4-15-10(14)6-9;1-2-8-6-4-3-5-7-8/h2,4,6,8H,3,5,7,13H2,1H3,(H2,14,15)(H,16,19)(H,17,18);3-7H,2H2,1H3. The van der Waals surface area contributed by atoms with Gasteiger partial charge in [0.05, 0.1) is 6.54 Å². The lowest BCUT2D eigenvalue weighted by atomic mass is 10.2. The third-order valence-electron chi connectivity index (χ3n) is 3.77. The average molecular weight is 371 g/mol. The van der Waals surface area contributed by atoms with Crippen LogP contribution in [0.4, 0.5) is 5.82 Å². The Balaban J connectivity index is 0.000000377. The first kappa shape index (κ1) is 22.1. The van der Waals surface area contributed by atoms with Gasteiger partial charge in [0.2, 0.25) is 11.8 Å². The molecule has 2 aromatic rings. The SMILES string of the molecule is CC(NC(=O)CN)C(=O)NCCc1ccnc(N)c1.CCc1ccccc1. The van der Waals surface area contributed by atoms with Crippen molar-refractivity contribution in [3.63, 3.8) is 0 Å². The summed E-state index contributed by atoms with van der Waals surface area (Å²) in [6.07, 6.45) is 3.41. The molecule has 2 rings (SSSR count). The second kappa shape index (κ2) is 12.4. The number of aryl methyl sites for hydroxylation is 1. The van der Waals surface area contributed by atoms with Gasteiger partial charge in [-0.15, -0.1) is 0 Å². The number of nitrogens with one attached hydrogen (secondary N) is 2. The summed E-state index contributed by atoms with van der Waals surface area (Å²) in [4.78, 5) is 26.6. The van der Waals surface area contributed by atoms with Crippen LogP contribution in [0.2, 0.25) is 0 Å². The number of hydrogen-bond acceptors (Lipinski definition) is 5. The zero-order valence-electron chi connectivity index (χ0n) is 15.9. The minimum atomic E-state index is -0.599. The van der Waals surface area contributed by atoms with E-state index in [1.54, 1.807) is 19.2 Å². The van der Waals surface area contributed by atoms with Crippen molar-refractivity contribution in [2.45, 2.75) is 32.7 Å². The number of nitrogens with zero attached hydrogens (tertiary/aromatic N) is 1. The van der Waals surface area contributed by atoms with Gasteiger partial charge in [0.25, 0.3) is 0 Å². The summed E-state index contributed by atoms with van der Waals surface area (Å²) in [5.74, 6) is -0.152. The van der Waals surface area contributed by atoms with Gasteiger partial charge in [0.1, 0.15) is 11.9 Å². The summed E-state index contributed by atoms with van der Waals surface area (Å²) in [5.41, 5.74) is 13.1. The predicted molar refractivity (Wildman–Crippen MR) is 108 cm³/mol. The number of aromatic nitrogens is 1. The fraction of sp³-hybridized carbons (Fsp3) is 0.350. The largest absolute Gasteiger partial charge is 0.384 e. The van der Waals surface area contributed by atoms with E-state index in [0.29, 0.717) is 18.8 Å². The maximum atomic E-state index is 11.6. The first-order chi connectivity index (χ1) is 13.0. The van der Waals surface area contributed by atoms with Crippen molar-refractivity contribution < 1.29 is 9.59 Å². The second-order valence-electron chi connectivity index (χ2n) is 5.96. The molecule has 6 N–H and O–H groups in total. The molecule has 0 bridgehead atoms. The van der Waals surface area contributed by atoms with Crippen LogP contribution in [0, 0.1) is 0 Å². The summed E-state index contributed by atoms with van der Waals surface area (Å²) in [7, 11) is 0. The number of nitrogens with two attached hydrogens (primary N) is 2. The Hall–Kier alpha value is -2.93. The van der Waals surface area contributed by atoms with E-state index in [4.69, 9.17) is 11.5 Å². The molecule has 0 aliphatic rings. The maximum absolute atomic E-state index is 11.6. The fourth-order valence-electron chi connectivity index (χ4n) is 2.21. The highest BCUT2D eigenvalue weighted by Gasteiger charge is 2.13. The van der Waals surface area contributed by atoms with E-state index < -0.39 is 6.04 Å². The lowest BCUT2D eigenvalue weighted by Crippen LogP contribution is -2.47. The van der Waals surface area contributed by atoms with Crippen LogP contribution in [0.1, 0.15) is 25.0 Å². The molecule has 0 saturated carbocycles. The molecule has 1 unspecified atom stereocenters. The molecule has 0 fully saturated rings. The molecule has 27 heavy (non-hydrogen) atoms. The number of hydrogen-bond donors (Lipinski definition) is 4. The number of nitrogen functional groups attached to an aromatic ring is 1. The Morgan fingerprint density at radius 2 is 1.85 bits per heavy atom. The molecule has 0 saturated heterocycles. The van der Waals surface area contributed by atoms with Gasteiger partial charge in [0.15, 0.2) is 0 Å². The molecule has 146 valence electrons. The van der Waals surface area contributed by atoms with Crippen LogP contribution < -0.4 is 22.1 Å². The highest BCUT2D eigenvalue weighted by Crippen LogP contribution is 2.02. The van der Waals surface area contributed by atoms with Gasteiger partial charge in [0, 0.05) is 12.7 Å². The number of pyridine rings is 1. The van der Waals surface area contributed by atoms with Crippen LogP contribution in [0.5, 0.6) is 0 Å². The lowest BCUT2D eigenvalue weighted by Gasteiger charge is -2.13. The van der Waals surface area contributed by atoms with E-state index in [2.05, 4.69) is 46.8 Å². The van der Waals surface area contributed by atoms with Crippen molar-refractivity contribution in [2.75, 3.05) is 18.8 Å². The van der Waals surface area contributed by atoms with Crippen molar-refractivity contribution in [3.8, 4) is 0 Å². The summed E-state index contributed by atoms with van der Waals surface area (Å²) in [6, 6.07) is 13.4. The van der Waals surface area contributed by atoms with Crippen molar-refractivity contribution in [1.29, 1.82) is 0 Å². The van der Waals surface area contributed by atoms with Crippen molar-refractivity contribution in [3.05, 3.63) is 59.8 Å². The summed E-state index contributed by atoms with van der Waals surface area (Å²) >= 11 is 0. The van der Waals surface area contributed by atoms with Gasteiger partial charge in [-0.05, 0) is 43.0 Å². The number of carbonyl (C=O) groups is 2. The average Bonchev–Trinajstić information content (AvgIpc) is 2.69. The monoisotopic (exact) mass is 371 g/mol. The molecule has 0 spiro atoms. The van der Waals surface area contributed by atoms with Crippen LogP contribution in [-0.4, -0.2) is 35.9 Å². The summed E-state index contributed by atoms with van der Waals surface area (Å²) in [5, 5.41) is 5.21. The number of anilines is 1. The van der Waals surface area contributed by atoms with E-state index in [0.717, 1.165) is 12.0 Å². The lowest BCUT2D eigenvalue weighted by molar-refractivity contribution is -0.127. The van der Waals surface area contributed by atoms with Crippen molar-refractivity contribution in [2.24, 2.45) is 5.73 Å². The predicted octanol–water partition coefficient (Wildman–Crippen LogP) is 1.03. The van der Waals surface area contributed by atoms with Crippen LogP contribution in [-0.2, 0) is 22.4 Å². The molecule has 2 amide bonds. The molecular formula is C20H29N5O2. The van der Waals surface area contributed by atoms with E-state index in [-0.39, 0.29) is 18.4 Å². The summed E-state index contributed by atoms with van der Waals surface area (Å²) < 4.78 is 0. The second-order valence-corrected chi connectivity index (χ2v) is 5.96. The topological polar surface area (TPSA) is 123 Å². The number of rotatable bonds is 7. The molecule has 1 heterocycles. The van der Waals surface area contributed by atoms with E-state index in [1.165, 1.54) is 5.56 Å².